The second-order valence-electron chi connectivity index (χ2n) is 4.97. The minimum Gasteiger partial charge on any atom is -0.459 e. The van der Waals surface area contributed by atoms with E-state index in [0.717, 1.165) is 14.9 Å². The Labute approximate surface area is 156 Å². The van der Waals surface area contributed by atoms with Gasteiger partial charge in [-0.3, -0.25) is 20.4 Å². The van der Waals surface area contributed by atoms with Gasteiger partial charge in [0.05, 0.1) is 11.8 Å². The molecule has 2 aromatic heterocycles. The lowest BCUT2D eigenvalue weighted by molar-refractivity contribution is -0.116. The first-order valence-electron chi connectivity index (χ1n) is 7.29. The fourth-order valence-electron chi connectivity index (χ4n) is 2.06. The maximum atomic E-state index is 12.6. The predicted molar refractivity (Wildman–Crippen MR) is 101 cm³/mol. The average molecular weight is 417 g/mol. The summed E-state index contributed by atoms with van der Waals surface area (Å²) in [5.41, 5.74) is 6.10. The maximum Gasteiger partial charge on any atom is 0.305 e. The number of benzene rings is 1. The number of furan rings is 1. The van der Waals surface area contributed by atoms with E-state index in [0.29, 0.717) is 5.57 Å². The van der Waals surface area contributed by atoms with Crippen LogP contribution in [-0.2, 0) is 4.79 Å². The van der Waals surface area contributed by atoms with Crippen molar-refractivity contribution in [1.29, 1.82) is 0 Å². The van der Waals surface area contributed by atoms with E-state index in [9.17, 15) is 9.59 Å². The molecule has 0 bridgehead atoms. The number of rotatable bonds is 4. The van der Waals surface area contributed by atoms with E-state index in [1.807, 2.05) is 41.8 Å². The number of hydrogen-bond donors (Lipinski definition) is 2. The quantitative estimate of drug-likeness (QED) is 0.496. The number of carbonyl (C=O) groups excluding carboxylic acids is 2. The molecule has 2 amide bonds. The van der Waals surface area contributed by atoms with Gasteiger partial charge in [0.1, 0.15) is 0 Å². The molecule has 0 spiro atoms. The first-order chi connectivity index (χ1) is 12.1. The second-order valence-corrected chi connectivity index (χ2v) is 6.84. The van der Waals surface area contributed by atoms with Crippen LogP contribution in [0.2, 0.25) is 0 Å². The Hall–Kier alpha value is -2.64. The molecular formula is C18H13BrN2O3S. The molecule has 0 radical (unpaired) electrons. The molecule has 3 rings (SSSR count). The van der Waals surface area contributed by atoms with Crippen LogP contribution in [0.3, 0.4) is 0 Å². The lowest BCUT2D eigenvalue weighted by Gasteiger charge is -2.08. The Morgan fingerprint density at radius 3 is 2.48 bits per heavy atom. The van der Waals surface area contributed by atoms with Crippen molar-refractivity contribution in [2.75, 3.05) is 0 Å². The van der Waals surface area contributed by atoms with Crippen molar-refractivity contribution in [3.05, 3.63) is 80.8 Å². The number of hydrazine groups is 1. The second kappa shape index (κ2) is 7.96. The van der Waals surface area contributed by atoms with Gasteiger partial charge in [-0.1, -0.05) is 34.1 Å². The molecule has 0 aliphatic rings. The molecule has 2 heterocycles. The molecule has 0 unspecified atom stereocenters. The Bertz CT molecular complexity index is 885. The smallest absolute Gasteiger partial charge is 0.305 e. The Morgan fingerprint density at radius 1 is 1.04 bits per heavy atom. The van der Waals surface area contributed by atoms with Crippen molar-refractivity contribution in [1.82, 2.24) is 10.9 Å². The monoisotopic (exact) mass is 416 g/mol. The molecule has 5 nitrogen and oxygen atoms in total. The molecule has 0 aliphatic heterocycles. The van der Waals surface area contributed by atoms with Crippen LogP contribution in [0, 0.1) is 0 Å². The van der Waals surface area contributed by atoms with Crippen molar-refractivity contribution in [2.24, 2.45) is 0 Å². The lowest BCUT2D eigenvalue weighted by Crippen LogP contribution is -2.41. The molecule has 1 aromatic carbocycles. The summed E-state index contributed by atoms with van der Waals surface area (Å²) in [6, 6.07) is 14.4. The molecule has 0 aliphatic carbocycles. The van der Waals surface area contributed by atoms with Crippen LogP contribution < -0.4 is 10.9 Å². The van der Waals surface area contributed by atoms with Gasteiger partial charge in [0.25, 0.3) is 5.91 Å². The van der Waals surface area contributed by atoms with E-state index in [1.54, 1.807) is 12.1 Å². The molecular weight excluding hydrogens is 404 g/mol. The van der Waals surface area contributed by atoms with Crippen LogP contribution >= 0.6 is 27.3 Å². The van der Waals surface area contributed by atoms with Crippen LogP contribution in [0.15, 0.2) is 69.1 Å². The van der Waals surface area contributed by atoms with Gasteiger partial charge in [-0.15, -0.1) is 11.3 Å². The van der Waals surface area contributed by atoms with Crippen LogP contribution in [0.1, 0.15) is 21.0 Å². The summed E-state index contributed by atoms with van der Waals surface area (Å²) in [4.78, 5) is 25.2. The fourth-order valence-corrected chi connectivity index (χ4v) is 3.06. The highest BCUT2D eigenvalue weighted by Crippen LogP contribution is 2.23. The molecule has 7 heteroatoms. The topological polar surface area (TPSA) is 71.3 Å². The molecule has 3 aromatic rings. The zero-order chi connectivity index (χ0) is 17.6. The largest absolute Gasteiger partial charge is 0.459 e. The highest BCUT2D eigenvalue weighted by molar-refractivity contribution is 9.10. The molecule has 0 saturated carbocycles. The van der Waals surface area contributed by atoms with Crippen molar-refractivity contribution in [3.8, 4) is 0 Å². The number of nitrogens with one attached hydrogen (secondary N) is 2. The Kier molecular flexibility index (Phi) is 5.47. The van der Waals surface area contributed by atoms with Gasteiger partial charge >= 0.3 is 5.91 Å². The fraction of sp³-hybridized carbons (Fsp3) is 0. The van der Waals surface area contributed by atoms with E-state index >= 15 is 0 Å². The minimum atomic E-state index is -0.521. The third-order valence-electron chi connectivity index (χ3n) is 3.25. The summed E-state index contributed by atoms with van der Waals surface area (Å²) in [6.45, 7) is 0. The van der Waals surface area contributed by atoms with Crippen LogP contribution in [0.25, 0.3) is 11.6 Å². The number of carbonyl (C=O) groups is 2. The highest BCUT2D eigenvalue weighted by atomic mass is 79.9. The van der Waals surface area contributed by atoms with Gasteiger partial charge in [0.15, 0.2) is 5.76 Å². The number of halogens is 1. The van der Waals surface area contributed by atoms with Crippen LogP contribution in [0.4, 0.5) is 0 Å². The van der Waals surface area contributed by atoms with Crippen molar-refractivity contribution in [2.45, 2.75) is 0 Å². The van der Waals surface area contributed by atoms with Crippen LogP contribution in [0.5, 0.6) is 0 Å². The van der Waals surface area contributed by atoms with E-state index < -0.39 is 11.8 Å². The van der Waals surface area contributed by atoms with Gasteiger partial charge in [0.2, 0.25) is 0 Å². The molecule has 0 saturated heterocycles. The van der Waals surface area contributed by atoms with Crippen molar-refractivity contribution >= 4 is 50.7 Å². The Balaban J connectivity index is 1.78. The first kappa shape index (κ1) is 17.2. The summed E-state index contributed by atoms with van der Waals surface area (Å²) in [7, 11) is 0. The zero-order valence-corrected chi connectivity index (χ0v) is 15.3. The summed E-state index contributed by atoms with van der Waals surface area (Å²) in [5.74, 6) is -0.812. The standard InChI is InChI=1S/C18H13BrN2O3S/c19-13-7-5-12(6-8-13)11-14(16-4-2-10-25-16)17(22)20-21-18(23)15-3-1-9-24-15/h1-11H,(H,20,22)(H,21,23)/b14-11+. The van der Waals surface area contributed by atoms with E-state index in [-0.39, 0.29) is 5.76 Å². The molecule has 2 N–H and O–H groups in total. The van der Waals surface area contributed by atoms with E-state index in [1.165, 1.54) is 23.7 Å². The van der Waals surface area contributed by atoms with Crippen molar-refractivity contribution < 1.29 is 14.0 Å². The lowest BCUT2D eigenvalue weighted by atomic mass is 10.1. The van der Waals surface area contributed by atoms with Gasteiger partial charge in [-0.05, 0) is 47.4 Å². The van der Waals surface area contributed by atoms with Gasteiger partial charge in [0, 0.05) is 9.35 Å². The SMILES string of the molecule is O=C(NNC(=O)c1ccco1)/C(=C/c1ccc(Br)cc1)c1cccs1. The highest BCUT2D eigenvalue weighted by Gasteiger charge is 2.15. The molecule has 25 heavy (non-hydrogen) atoms. The summed E-state index contributed by atoms with van der Waals surface area (Å²) < 4.78 is 5.94. The van der Waals surface area contributed by atoms with Crippen molar-refractivity contribution in [3.63, 3.8) is 0 Å². The normalized spacial score (nSPS) is 11.2. The van der Waals surface area contributed by atoms with Gasteiger partial charge < -0.3 is 4.42 Å². The number of hydrogen-bond acceptors (Lipinski definition) is 4. The molecule has 0 atom stereocenters. The first-order valence-corrected chi connectivity index (χ1v) is 8.96. The Morgan fingerprint density at radius 2 is 1.84 bits per heavy atom. The summed E-state index contributed by atoms with van der Waals surface area (Å²) in [6.07, 6.45) is 3.16. The predicted octanol–water partition coefficient (Wildman–Crippen LogP) is 4.11. The average Bonchev–Trinajstić information content (AvgIpc) is 3.32. The summed E-state index contributed by atoms with van der Waals surface area (Å²) >= 11 is 4.83. The van der Waals surface area contributed by atoms with Crippen LogP contribution in [-0.4, -0.2) is 11.8 Å². The molecule has 126 valence electrons. The minimum absolute atomic E-state index is 0.120. The number of thiophene rings is 1. The third-order valence-corrected chi connectivity index (χ3v) is 4.68. The summed E-state index contributed by atoms with van der Waals surface area (Å²) in [5, 5.41) is 1.89. The van der Waals surface area contributed by atoms with Gasteiger partial charge in [-0.25, -0.2) is 0 Å². The van der Waals surface area contributed by atoms with E-state index in [2.05, 4.69) is 26.8 Å². The molecule has 0 fully saturated rings. The maximum absolute atomic E-state index is 12.6. The van der Waals surface area contributed by atoms with E-state index in [4.69, 9.17) is 4.42 Å². The number of amides is 2. The van der Waals surface area contributed by atoms with Gasteiger partial charge in [-0.2, -0.15) is 0 Å². The zero-order valence-electron chi connectivity index (χ0n) is 12.9. The third kappa shape index (κ3) is 4.46.